The van der Waals surface area contributed by atoms with Gasteiger partial charge in [-0.05, 0) is 62.1 Å². The Bertz CT molecular complexity index is 578. The Kier molecular flexibility index (Phi) is 4.96. The number of aryl methyl sites for hydroxylation is 2. The van der Waals surface area contributed by atoms with Crippen LogP contribution in [0.4, 0.5) is 0 Å². The van der Waals surface area contributed by atoms with Gasteiger partial charge in [-0.1, -0.05) is 13.8 Å². The normalized spacial score (nSPS) is 11.2. The lowest BCUT2D eigenvalue weighted by molar-refractivity contribution is 0.271. The fourth-order valence-electron chi connectivity index (χ4n) is 2.19. The Morgan fingerprint density at radius 3 is 2.75 bits per heavy atom. The largest absolute Gasteiger partial charge is 0.493 e. The van der Waals surface area contributed by atoms with Crippen LogP contribution in [-0.2, 0) is 6.42 Å². The molecule has 0 fully saturated rings. The van der Waals surface area contributed by atoms with Crippen LogP contribution in [0.15, 0.2) is 24.3 Å². The first kappa shape index (κ1) is 14.8. The Morgan fingerprint density at radius 1 is 1.25 bits per heavy atom. The van der Waals surface area contributed by atoms with Gasteiger partial charge in [-0.3, -0.25) is 4.98 Å². The quantitative estimate of drug-likeness (QED) is 0.876. The molecule has 0 atom stereocenters. The fraction of sp³-hybridized carbons (Fsp3) is 0.471. The van der Waals surface area contributed by atoms with Crippen molar-refractivity contribution < 1.29 is 4.74 Å². The second-order valence-electron chi connectivity index (χ2n) is 5.68. The maximum atomic E-state index is 5.78. The van der Waals surface area contributed by atoms with Crippen molar-refractivity contribution in [2.75, 3.05) is 13.2 Å². The molecule has 1 aromatic heterocycles. The lowest BCUT2D eigenvalue weighted by atomic mass is 10.1. The molecule has 0 amide bonds. The minimum Gasteiger partial charge on any atom is -0.493 e. The molecule has 0 aliphatic heterocycles. The number of ether oxygens (including phenoxy) is 1. The Balaban J connectivity index is 2.27. The van der Waals surface area contributed by atoms with Gasteiger partial charge in [-0.15, -0.1) is 0 Å². The van der Waals surface area contributed by atoms with E-state index in [9.17, 15) is 0 Å². The van der Waals surface area contributed by atoms with Gasteiger partial charge < -0.3 is 10.5 Å². The van der Waals surface area contributed by atoms with E-state index in [1.54, 1.807) is 0 Å². The van der Waals surface area contributed by atoms with E-state index >= 15 is 0 Å². The molecule has 20 heavy (non-hydrogen) atoms. The van der Waals surface area contributed by atoms with Crippen LogP contribution in [0.1, 0.15) is 31.5 Å². The van der Waals surface area contributed by atoms with Gasteiger partial charge in [0.05, 0.1) is 12.1 Å². The van der Waals surface area contributed by atoms with Crippen LogP contribution < -0.4 is 10.5 Å². The van der Waals surface area contributed by atoms with Gasteiger partial charge in [-0.25, -0.2) is 0 Å². The predicted octanol–water partition coefficient (Wildman–Crippen LogP) is 3.47. The van der Waals surface area contributed by atoms with Crippen LogP contribution in [0.2, 0.25) is 0 Å². The first-order valence-electron chi connectivity index (χ1n) is 7.33. The Morgan fingerprint density at radius 2 is 2.05 bits per heavy atom. The number of pyridine rings is 1. The second-order valence-corrected chi connectivity index (χ2v) is 5.68. The average molecular weight is 272 g/mol. The molecule has 0 spiro atoms. The van der Waals surface area contributed by atoms with Crippen LogP contribution in [-0.4, -0.2) is 18.1 Å². The zero-order valence-corrected chi connectivity index (χ0v) is 12.6. The first-order valence-corrected chi connectivity index (χ1v) is 7.33. The lowest BCUT2D eigenvalue weighted by Crippen LogP contribution is -2.04. The van der Waals surface area contributed by atoms with Gasteiger partial charge in [0, 0.05) is 11.1 Å². The van der Waals surface area contributed by atoms with Gasteiger partial charge in [-0.2, -0.15) is 0 Å². The average Bonchev–Trinajstić information content (AvgIpc) is 2.42. The van der Waals surface area contributed by atoms with Crippen molar-refractivity contribution >= 4 is 10.9 Å². The molecule has 108 valence electrons. The van der Waals surface area contributed by atoms with E-state index in [1.165, 1.54) is 5.56 Å². The van der Waals surface area contributed by atoms with Crippen molar-refractivity contribution in [3.8, 4) is 5.75 Å². The molecule has 0 radical (unpaired) electrons. The van der Waals surface area contributed by atoms with Crippen molar-refractivity contribution in [2.45, 2.75) is 33.6 Å². The van der Waals surface area contributed by atoms with Crippen molar-refractivity contribution in [1.29, 1.82) is 0 Å². The summed E-state index contributed by atoms with van der Waals surface area (Å²) in [6.45, 7) is 7.82. The molecule has 2 aromatic rings. The van der Waals surface area contributed by atoms with E-state index in [1.807, 2.05) is 12.1 Å². The molecule has 2 N–H and O–H groups in total. The summed E-state index contributed by atoms with van der Waals surface area (Å²) in [5.41, 5.74) is 8.99. The number of benzene rings is 1. The number of hydrogen-bond acceptors (Lipinski definition) is 3. The van der Waals surface area contributed by atoms with E-state index in [4.69, 9.17) is 10.5 Å². The molecule has 0 saturated heterocycles. The molecule has 1 aromatic carbocycles. The molecule has 0 saturated carbocycles. The maximum absolute atomic E-state index is 5.78. The summed E-state index contributed by atoms with van der Waals surface area (Å²) in [5, 5.41) is 1.14. The highest BCUT2D eigenvalue weighted by molar-refractivity contribution is 5.81. The number of rotatable bonds is 6. The third kappa shape index (κ3) is 3.70. The Hall–Kier alpha value is -1.61. The molecule has 0 unspecified atom stereocenters. The van der Waals surface area contributed by atoms with E-state index < -0.39 is 0 Å². The van der Waals surface area contributed by atoms with E-state index in [2.05, 4.69) is 37.9 Å². The summed E-state index contributed by atoms with van der Waals surface area (Å²) in [6, 6.07) is 8.33. The maximum Gasteiger partial charge on any atom is 0.120 e. The highest BCUT2D eigenvalue weighted by atomic mass is 16.5. The van der Waals surface area contributed by atoms with Gasteiger partial charge in [0.15, 0.2) is 0 Å². The van der Waals surface area contributed by atoms with Gasteiger partial charge in [0.1, 0.15) is 5.75 Å². The summed E-state index contributed by atoms with van der Waals surface area (Å²) >= 11 is 0. The Labute approximate surface area is 121 Å². The van der Waals surface area contributed by atoms with Crippen molar-refractivity contribution in [1.82, 2.24) is 4.98 Å². The van der Waals surface area contributed by atoms with Crippen molar-refractivity contribution in [3.05, 3.63) is 35.5 Å². The summed E-state index contributed by atoms with van der Waals surface area (Å²) < 4.78 is 5.78. The molecule has 0 aliphatic carbocycles. The second kappa shape index (κ2) is 6.71. The zero-order chi connectivity index (χ0) is 14.5. The molecule has 3 nitrogen and oxygen atoms in total. The van der Waals surface area contributed by atoms with Crippen LogP contribution in [0.25, 0.3) is 10.9 Å². The van der Waals surface area contributed by atoms with Crippen molar-refractivity contribution in [2.24, 2.45) is 11.7 Å². The highest BCUT2D eigenvalue weighted by Crippen LogP contribution is 2.23. The fourth-order valence-corrected chi connectivity index (χ4v) is 2.19. The van der Waals surface area contributed by atoms with Crippen LogP contribution >= 0.6 is 0 Å². The van der Waals surface area contributed by atoms with Crippen molar-refractivity contribution in [3.63, 3.8) is 0 Å². The number of nitrogens with two attached hydrogens (primary N) is 1. The molecular weight excluding hydrogens is 248 g/mol. The van der Waals surface area contributed by atoms with Crippen LogP contribution in [0, 0.1) is 12.8 Å². The van der Waals surface area contributed by atoms with Gasteiger partial charge in [0.25, 0.3) is 0 Å². The van der Waals surface area contributed by atoms with Gasteiger partial charge in [0.2, 0.25) is 0 Å². The number of fused-ring (bicyclic) bond motifs is 1. The SMILES string of the molecule is Cc1nc2ccc(OCC(C)C)cc2cc1CCCN. The molecule has 1 heterocycles. The number of aromatic nitrogens is 1. The van der Waals surface area contributed by atoms with Crippen LogP contribution in [0.3, 0.4) is 0 Å². The number of nitrogens with zero attached hydrogens (tertiary/aromatic N) is 1. The lowest BCUT2D eigenvalue weighted by Gasteiger charge is -2.11. The summed E-state index contributed by atoms with van der Waals surface area (Å²) in [6.07, 6.45) is 1.99. The summed E-state index contributed by atoms with van der Waals surface area (Å²) in [5.74, 6) is 1.45. The minimum absolute atomic E-state index is 0.530. The zero-order valence-electron chi connectivity index (χ0n) is 12.6. The molecule has 0 aliphatic rings. The van der Waals surface area contributed by atoms with Gasteiger partial charge >= 0.3 is 0 Å². The summed E-state index contributed by atoms with van der Waals surface area (Å²) in [7, 11) is 0. The summed E-state index contributed by atoms with van der Waals surface area (Å²) in [4.78, 5) is 4.67. The predicted molar refractivity (Wildman–Crippen MR) is 84.2 cm³/mol. The van der Waals surface area contributed by atoms with E-state index in [-0.39, 0.29) is 0 Å². The molecule has 3 heteroatoms. The smallest absolute Gasteiger partial charge is 0.120 e. The monoisotopic (exact) mass is 272 g/mol. The van der Waals surface area contributed by atoms with E-state index in [0.717, 1.165) is 48.3 Å². The first-order chi connectivity index (χ1) is 9.60. The van der Waals surface area contributed by atoms with Crippen LogP contribution in [0.5, 0.6) is 5.75 Å². The van der Waals surface area contributed by atoms with E-state index in [0.29, 0.717) is 5.92 Å². The highest BCUT2D eigenvalue weighted by Gasteiger charge is 2.05. The standard InChI is InChI=1S/C17H24N2O/c1-12(2)11-20-16-6-7-17-15(10-16)9-14(5-4-8-18)13(3)19-17/h6-7,9-10,12H,4-5,8,11,18H2,1-3H3. The minimum atomic E-state index is 0.530. The third-order valence-corrected chi connectivity index (χ3v) is 3.32. The molecule has 0 bridgehead atoms. The third-order valence-electron chi connectivity index (χ3n) is 3.32. The topological polar surface area (TPSA) is 48.1 Å². The number of hydrogen-bond donors (Lipinski definition) is 1. The molecular formula is C17H24N2O. The molecule has 2 rings (SSSR count).